The van der Waals surface area contributed by atoms with Crippen LogP contribution in [0.15, 0.2) is 59.5 Å². The van der Waals surface area contributed by atoms with Gasteiger partial charge in [0.1, 0.15) is 0 Å². The third-order valence-corrected chi connectivity index (χ3v) is 7.03. The number of sulfonamides is 1. The molecule has 1 fully saturated rings. The Morgan fingerprint density at radius 2 is 1.61 bits per heavy atom. The van der Waals surface area contributed by atoms with E-state index in [4.69, 9.17) is 4.74 Å². The van der Waals surface area contributed by atoms with Crippen LogP contribution in [0.3, 0.4) is 0 Å². The Kier molecular flexibility index (Phi) is 8.20. The Labute approximate surface area is 183 Å². The van der Waals surface area contributed by atoms with Gasteiger partial charge in [-0.25, -0.2) is 8.42 Å². The van der Waals surface area contributed by atoms with Gasteiger partial charge in [0.2, 0.25) is 15.9 Å². The molecular formula is C23H28N2O5S. The second-order valence-electron chi connectivity index (χ2n) is 7.49. The molecule has 0 unspecified atom stereocenters. The van der Waals surface area contributed by atoms with Gasteiger partial charge in [0.25, 0.3) is 0 Å². The molecule has 0 atom stereocenters. The van der Waals surface area contributed by atoms with Crippen LogP contribution in [-0.2, 0) is 30.8 Å². The normalized spacial score (nSPS) is 14.3. The van der Waals surface area contributed by atoms with Crippen LogP contribution in [0.4, 0.5) is 5.69 Å². The number of nitrogens with zero attached hydrogens (tertiary/aromatic N) is 1. The number of hydrogen-bond acceptors (Lipinski definition) is 5. The van der Waals surface area contributed by atoms with Gasteiger partial charge in [-0.05, 0) is 55.5 Å². The maximum Gasteiger partial charge on any atom is 0.306 e. The second kappa shape index (κ2) is 11.1. The molecule has 1 aliphatic heterocycles. The molecule has 1 N–H and O–H groups in total. The van der Waals surface area contributed by atoms with Gasteiger partial charge in [-0.1, -0.05) is 30.3 Å². The molecule has 0 aliphatic carbocycles. The lowest BCUT2D eigenvalue weighted by Crippen LogP contribution is -2.27. The lowest BCUT2D eigenvalue weighted by atomic mass is 10.1. The number of aryl methyl sites for hydroxylation is 1. The summed E-state index contributed by atoms with van der Waals surface area (Å²) in [4.78, 5) is 24.1. The van der Waals surface area contributed by atoms with Crippen LogP contribution in [0.2, 0.25) is 0 Å². The maximum atomic E-state index is 12.5. The molecule has 1 saturated heterocycles. The highest BCUT2D eigenvalue weighted by Crippen LogP contribution is 2.22. The number of carbonyl (C=O) groups excluding carboxylic acids is 2. The van der Waals surface area contributed by atoms with E-state index in [0.717, 1.165) is 25.7 Å². The van der Waals surface area contributed by atoms with E-state index in [9.17, 15) is 18.0 Å². The van der Waals surface area contributed by atoms with Crippen LogP contribution >= 0.6 is 0 Å². The molecule has 31 heavy (non-hydrogen) atoms. The van der Waals surface area contributed by atoms with Crippen molar-refractivity contribution in [3.05, 3.63) is 60.2 Å². The number of hydrogen-bond donors (Lipinski definition) is 1. The van der Waals surface area contributed by atoms with Gasteiger partial charge in [-0.15, -0.1) is 0 Å². The van der Waals surface area contributed by atoms with Crippen molar-refractivity contribution < 1.29 is 22.7 Å². The van der Waals surface area contributed by atoms with E-state index in [1.54, 1.807) is 12.1 Å². The first-order valence-electron chi connectivity index (χ1n) is 10.5. The molecule has 1 amide bonds. The van der Waals surface area contributed by atoms with Gasteiger partial charge in [0.15, 0.2) is 0 Å². The van der Waals surface area contributed by atoms with Gasteiger partial charge in [0.05, 0.1) is 17.9 Å². The number of nitrogens with one attached hydrogen (secondary N) is 1. The van der Waals surface area contributed by atoms with Crippen LogP contribution in [0, 0.1) is 0 Å². The summed E-state index contributed by atoms with van der Waals surface area (Å²) in [5.41, 5.74) is 1.68. The van der Waals surface area contributed by atoms with E-state index < -0.39 is 16.0 Å². The highest BCUT2D eigenvalue weighted by Gasteiger charge is 2.26. The van der Waals surface area contributed by atoms with E-state index in [1.165, 1.54) is 22.0 Å². The van der Waals surface area contributed by atoms with Gasteiger partial charge in [-0.2, -0.15) is 4.31 Å². The summed E-state index contributed by atoms with van der Waals surface area (Å²) in [6, 6.07) is 16.1. The van der Waals surface area contributed by atoms with Crippen LogP contribution < -0.4 is 5.32 Å². The minimum absolute atomic E-state index is 0.00140. The highest BCUT2D eigenvalue weighted by atomic mass is 32.2. The predicted molar refractivity (Wildman–Crippen MR) is 118 cm³/mol. The summed E-state index contributed by atoms with van der Waals surface area (Å²) in [5.74, 6) is -0.730. The number of amides is 1. The van der Waals surface area contributed by atoms with Crippen molar-refractivity contribution in [3.8, 4) is 0 Å². The molecule has 7 nitrogen and oxygen atoms in total. The molecule has 0 bridgehead atoms. The monoisotopic (exact) mass is 444 g/mol. The summed E-state index contributed by atoms with van der Waals surface area (Å²) in [7, 11) is -3.47. The third-order valence-electron chi connectivity index (χ3n) is 5.11. The molecule has 166 valence electrons. The first kappa shape index (κ1) is 23.0. The summed E-state index contributed by atoms with van der Waals surface area (Å²) in [5, 5.41) is 2.68. The Morgan fingerprint density at radius 3 is 2.29 bits per heavy atom. The second-order valence-corrected chi connectivity index (χ2v) is 9.43. The van der Waals surface area contributed by atoms with Crippen molar-refractivity contribution in [1.82, 2.24) is 4.31 Å². The maximum absolute atomic E-state index is 12.5. The average molecular weight is 445 g/mol. The van der Waals surface area contributed by atoms with Crippen molar-refractivity contribution in [1.29, 1.82) is 0 Å². The zero-order chi connectivity index (χ0) is 22.1. The molecule has 3 rings (SSSR count). The smallest absolute Gasteiger partial charge is 0.306 e. The van der Waals surface area contributed by atoms with E-state index in [2.05, 4.69) is 5.32 Å². The number of ether oxygens (including phenoxy) is 1. The van der Waals surface area contributed by atoms with Crippen LogP contribution in [0.1, 0.15) is 37.7 Å². The van der Waals surface area contributed by atoms with E-state index in [0.29, 0.717) is 25.4 Å². The fraction of sp³-hybridized carbons (Fsp3) is 0.391. The Bertz CT molecular complexity index is 969. The standard InChI is InChI=1S/C23H28N2O5S/c26-22(14-15-23(27)30-18-6-9-19-7-2-1-3-8-19)24-20-10-12-21(13-11-20)31(28,29)25-16-4-5-17-25/h1-3,7-8,10-13H,4-6,9,14-18H2,(H,24,26). The predicted octanol–water partition coefficient (Wildman–Crippen LogP) is 3.37. The van der Waals surface area contributed by atoms with E-state index in [1.807, 2.05) is 30.3 Å². The van der Waals surface area contributed by atoms with E-state index >= 15 is 0 Å². The zero-order valence-corrected chi connectivity index (χ0v) is 18.3. The van der Waals surface area contributed by atoms with Gasteiger partial charge in [0, 0.05) is 25.2 Å². The molecule has 1 aliphatic rings. The van der Waals surface area contributed by atoms with Crippen molar-refractivity contribution in [2.75, 3.05) is 25.0 Å². The largest absolute Gasteiger partial charge is 0.466 e. The molecule has 8 heteroatoms. The number of esters is 1. The molecule has 0 radical (unpaired) electrons. The summed E-state index contributed by atoms with van der Waals surface area (Å²) < 4.78 is 31.7. The summed E-state index contributed by atoms with van der Waals surface area (Å²) in [6.45, 7) is 1.41. The average Bonchev–Trinajstić information content (AvgIpc) is 3.32. The van der Waals surface area contributed by atoms with Gasteiger partial charge >= 0.3 is 5.97 Å². The minimum Gasteiger partial charge on any atom is -0.466 e. The Hall–Kier alpha value is -2.71. The third kappa shape index (κ3) is 6.90. The van der Waals surface area contributed by atoms with Crippen LogP contribution in [-0.4, -0.2) is 44.3 Å². The van der Waals surface area contributed by atoms with Crippen LogP contribution in [0.25, 0.3) is 0 Å². The number of benzene rings is 2. The lowest BCUT2D eigenvalue weighted by Gasteiger charge is -2.15. The molecule has 1 heterocycles. The van der Waals surface area contributed by atoms with Crippen LogP contribution in [0.5, 0.6) is 0 Å². The summed E-state index contributed by atoms with van der Waals surface area (Å²) in [6.07, 6.45) is 3.32. The van der Waals surface area contributed by atoms with Crippen molar-refractivity contribution in [2.45, 2.75) is 43.4 Å². The van der Waals surface area contributed by atoms with Crippen molar-refractivity contribution in [2.24, 2.45) is 0 Å². The molecule has 2 aromatic carbocycles. The minimum atomic E-state index is -3.47. The SMILES string of the molecule is O=C(CCC(=O)OCCCc1ccccc1)Nc1ccc(S(=O)(=O)N2CCCC2)cc1. The molecule has 0 spiro atoms. The van der Waals surface area contributed by atoms with Crippen molar-refractivity contribution in [3.63, 3.8) is 0 Å². The fourth-order valence-electron chi connectivity index (χ4n) is 3.41. The number of carbonyl (C=O) groups is 2. The highest BCUT2D eigenvalue weighted by molar-refractivity contribution is 7.89. The van der Waals surface area contributed by atoms with E-state index in [-0.39, 0.29) is 23.6 Å². The fourth-order valence-corrected chi connectivity index (χ4v) is 4.92. The molecule has 0 saturated carbocycles. The van der Waals surface area contributed by atoms with Gasteiger partial charge in [-0.3, -0.25) is 9.59 Å². The Morgan fingerprint density at radius 1 is 0.935 bits per heavy atom. The topological polar surface area (TPSA) is 92.8 Å². The first-order chi connectivity index (χ1) is 14.9. The zero-order valence-electron chi connectivity index (χ0n) is 17.5. The summed E-state index contributed by atoms with van der Waals surface area (Å²) >= 11 is 0. The van der Waals surface area contributed by atoms with Crippen molar-refractivity contribution >= 4 is 27.6 Å². The lowest BCUT2D eigenvalue weighted by molar-refractivity contribution is -0.144. The number of rotatable bonds is 10. The molecular weight excluding hydrogens is 416 g/mol. The van der Waals surface area contributed by atoms with Gasteiger partial charge < -0.3 is 10.1 Å². The quantitative estimate of drug-likeness (QED) is 0.448. The molecule has 0 aromatic heterocycles. The molecule has 2 aromatic rings. The Balaban J connectivity index is 1.36. The number of anilines is 1. The first-order valence-corrected chi connectivity index (χ1v) is 12.0.